The van der Waals surface area contributed by atoms with E-state index in [0.29, 0.717) is 23.9 Å². The van der Waals surface area contributed by atoms with E-state index in [1.807, 2.05) is 24.1 Å². The Balaban J connectivity index is 0.00000176. The number of amides is 1. The van der Waals surface area contributed by atoms with Gasteiger partial charge in [0.1, 0.15) is 0 Å². The molecule has 0 saturated carbocycles. The summed E-state index contributed by atoms with van der Waals surface area (Å²) in [5.74, 6) is 0.801. The first kappa shape index (κ1) is 17.6. The molecule has 0 aliphatic carbocycles. The third-order valence-corrected chi connectivity index (χ3v) is 5.99. The Morgan fingerprint density at radius 3 is 2.55 bits per heavy atom. The Hall–Kier alpha value is -0.710. The van der Waals surface area contributed by atoms with Crippen molar-refractivity contribution in [3.05, 3.63) is 29.8 Å². The minimum absolute atomic E-state index is 0. The summed E-state index contributed by atoms with van der Waals surface area (Å²) in [7, 11) is 1.98. The van der Waals surface area contributed by atoms with Crippen LogP contribution in [-0.2, 0) is 4.79 Å². The van der Waals surface area contributed by atoms with Crippen LogP contribution >= 0.6 is 24.2 Å². The Bertz CT molecular complexity index is 513. The first-order chi connectivity index (χ1) is 10.1. The second-order valence-corrected chi connectivity index (χ2v) is 7.34. The SMILES string of the molecule is Cc1ccccc1SCC(=O)N(C)C1CC2CCC(C1)N2.Cl. The second-order valence-electron chi connectivity index (χ2n) is 6.32. The Kier molecular flexibility index (Phi) is 6.18. The molecule has 1 aromatic rings. The number of hydrogen-bond acceptors (Lipinski definition) is 3. The molecular weight excluding hydrogens is 316 g/mol. The summed E-state index contributed by atoms with van der Waals surface area (Å²) in [6.07, 6.45) is 4.80. The van der Waals surface area contributed by atoms with Crippen LogP contribution in [0.15, 0.2) is 29.2 Å². The Morgan fingerprint density at radius 1 is 1.27 bits per heavy atom. The molecule has 5 heteroatoms. The maximum Gasteiger partial charge on any atom is 0.232 e. The van der Waals surface area contributed by atoms with Crippen molar-refractivity contribution >= 4 is 30.1 Å². The highest BCUT2D eigenvalue weighted by molar-refractivity contribution is 8.00. The van der Waals surface area contributed by atoms with E-state index in [9.17, 15) is 4.79 Å². The van der Waals surface area contributed by atoms with Gasteiger partial charge in [-0.1, -0.05) is 18.2 Å². The molecule has 3 rings (SSSR count). The second kappa shape index (κ2) is 7.71. The summed E-state index contributed by atoms with van der Waals surface area (Å²) in [5.41, 5.74) is 1.25. The lowest BCUT2D eigenvalue weighted by Gasteiger charge is -2.35. The van der Waals surface area contributed by atoms with E-state index in [1.165, 1.54) is 23.3 Å². The molecule has 2 saturated heterocycles. The number of hydrogen-bond donors (Lipinski definition) is 1. The fourth-order valence-electron chi connectivity index (χ4n) is 3.51. The number of carbonyl (C=O) groups excluding carboxylic acids is 1. The monoisotopic (exact) mass is 340 g/mol. The van der Waals surface area contributed by atoms with Crippen molar-refractivity contribution < 1.29 is 4.79 Å². The topological polar surface area (TPSA) is 32.3 Å². The van der Waals surface area contributed by atoms with Crippen LogP contribution in [0.25, 0.3) is 0 Å². The normalized spacial score (nSPS) is 26.4. The number of aryl methyl sites for hydroxylation is 1. The van der Waals surface area contributed by atoms with Gasteiger partial charge in [-0.25, -0.2) is 0 Å². The highest BCUT2D eigenvalue weighted by Crippen LogP contribution is 2.30. The van der Waals surface area contributed by atoms with Crippen LogP contribution in [0.5, 0.6) is 0 Å². The molecule has 3 nitrogen and oxygen atoms in total. The van der Waals surface area contributed by atoms with Gasteiger partial charge in [0.25, 0.3) is 0 Å². The van der Waals surface area contributed by atoms with E-state index < -0.39 is 0 Å². The molecule has 22 heavy (non-hydrogen) atoms. The van der Waals surface area contributed by atoms with E-state index in [4.69, 9.17) is 0 Å². The van der Waals surface area contributed by atoms with E-state index in [-0.39, 0.29) is 18.3 Å². The number of carbonyl (C=O) groups is 1. The third-order valence-electron chi connectivity index (χ3n) is 4.83. The molecule has 2 unspecified atom stereocenters. The van der Waals surface area contributed by atoms with Gasteiger partial charge >= 0.3 is 0 Å². The maximum absolute atomic E-state index is 12.4. The van der Waals surface area contributed by atoms with Crippen molar-refractivity contribution in [2.75, 3.05) is 12.8 Å². The summed E-state index contributed by atoms with van der Waals surface area (Å²) in [4.78, 5) is 15.7. The number of halogens is 1. The molecule has 2 fully saturated rings. The zero-order chi connectivity index (χ0) is 14.8. The molecule has 122 valence electrons. The summed E-state index contributed by atoms with van der Waals surface area (Å²) < 4.78 is 0. The van der Waals surface area contributed by atoms with Crippen LogP contribution in [0.3, 0.4) is 0 Å². The predicted octanol–water partition coefficient (Wildman–Crippen LogP) is 3.25. The number of thioether (sulfide) groups is 1. The lowest BCUT2D eigenvalue weighted by Crippen LogP contribution is -2.49. The lowest BCUT2D eigenvalue weighted by atomic mass is 9.98. The summed E-state index contributed by atoms with van der Waals surface area (Å²) in [6.45, 7) is 2.10. The van der Waals surface area contributed by atoms with Gasteiger partial charge in [-0.05, 0) is 44.2 Å². The Labute approximate surface area is 143 Å². The Morgan fingerprint density at radius 2 is 1.91 bits per heavy atom. The number of rotatable bonds is 4. The van der Waals surface area contributed by atoms with E-state index in [2.05, 4.69) is 24.4 Å². The first-order valence-corrected chi connectivity index (χ1v) is 8.82. The van der Waals surface area contributed by atoms with Crippen molar-refractivity contribution in [3.8, 4) is 0 Å². The molecule has 0 radical (unpaired) electrons. The van der Waals surface area contributed by atoms with E-state index in [0.717, 1.165) is 12.8 Å². The minimum Gasteiger partial charge on any atom is -0.342 e. The number of fused-ring (bicyclic) bond motifs is 2. The van der Waals surface area contributed by atoms with Crippen LogP contribution < -0.4 is 5.32 Å². The molecule has 2 heterocycles. The van der Waals surface area contributed by atoms with E-state index >= 15 is 0 Å². The average Bonchev–Trinajstić information content (AvgIpc) is 2.83. The van der Waals surface area contributed by atoms with Gasteiger partial charge in [-0.3, -0.25) is 4.79 Å². The van der Waals surface area contributed by atoms with E-state index in [1.54, 1.807) is 11.8 Å². The van der Waals surface area contributed by atoms with Gasteiger partial charge < -0.3 is 10.2 Å². The van der Waals surface area contributed by atoms with Crippen molar-refractivity contribution in [2.45, 2.75) is 55.6 Å². The smallest absolute Gasteiger partial charge is 0.232 e. The number of nitrogens with zero attached hydrogens (tertiary/aromatic N) is 1. The summed E-state index contributed by atoms with van der Waals surface area (Å²) in [6, 6.07) is 9.96. The van der Waals surface area contributed by atoms with Gasteiger partial charge in [-0.2, -0.15) is 0 Å². The van der Waals surface area contributed by atoms with Crippen molar-refractivity contribution in [3.63, 3.8) is 0 Å². The standard InChI is InChI=1S/C17H24N2OS.ClH/c1-12-5-3-4-6-16(12)21-11-17(20)19(2)15-9-13-7-8-14(10-15)18-13;/h3-6,13-15,18H,7-11H2,1-2H3;1H. The van der Waals surface area contributed by atoms with Gasteiger partial charge in [0.2, 0.25) is 5.91 Å². The minimum atomic E-state index is 0. The van der Waals surface area contributed by atoms with Crippen molar-refractivity contribution in [1.29, 1.82) is 0 Å². The van der Waals surface area contributed by atoms with Crippen LogP contribution in [0.4, 0.5) is 0 Å². The third kappa shape index (κ3) is 3.98. The fourth-order valence-corrected chi connectivity index (χ4v) is 4.46. The fraction of sp³-hybridized carbons (Fsp3) is 0.588. The summed E-state index contributed by atoms with van der Waals surface area (Å²) >= 11 is 1.66. The quantitative estimate of drug-likeness (QED) is 0.854. The van der Waals surface area contributed by atoms with Crippen LogP contribution in [0.1, 0.15) is 31.2 Å². The predicted molar refractivity (Wildman–Crippen MR) is 94.9 cm³/mol. The van der Waals surface area contributed by atoms with Crippen LogP contribution in [0, 0.1) is 6.92 Å². The molecule has 2 aliphatic rings. The molecule has 2 atom stereocenters. The zero-order valence-electron chi connectivity index (χ0n) is 13.2. The van der Waals surface area contributed by atoms with Crippen LogP contribution in [0.2, 0.25) is 0 Å². The average molecular weight is 341 g/mol. The molecule has 0 aromatic heterocycles. The molecule has 2 bridgehead atoms. The van der Waals surface area contributed by atoms with Crippen molar-refractivity contribution in [2.24, 2.45) is 0 Å². The van der Waals surface area contributed by atoms with Gasteiger partial charge in [0, 0.05) is 30.1 Å². The molecule has 0 spiro atoms. The van der Waals surface area contributed by atoms with Crippen molar-refractivity contribution in [1.82, 2.24) is 10.2 Å². The maximum atomic E-state index is 12.4. The highest BCUT2D eigenvalue weighted by Gasteiger charge is 2.36. The molecule has 1 aromatic carbocycles. The van der Waals surface area contributed by atoms with Gasteiger partial charge in [0.05, 0.1) is 5.75 Å². The zero-order valence-corrected chi connectivity index (χ0v) is 14.9. The lowest BCUT2D eigenvalue weighted by molar-refractivity contribution is -0.129. The molecule has 1 amide bonds. The highest BCUT2D eigenvalue weighted by atomic mass is 35.5. The molecular formula is C17H25ClN2OS. The first-order valence-electron chi connectivity index (χ1n) is 7.83. The number of nitrogens with one attached hydrogen (secondary N) is 1. The number of piperidine rings is 1. The molecule has 2 aliphatic heterocycles. The van der Waals surface area contributed by atoms with Gasteiger partial charge in [0.15, 0.2) is 0 Å². The number of benzene rings is 1. The molecule has 1 N–H and O–H groups in total. The van der Waals surface area contributed by atoms with Crippen LogP contribution in [-0.4, -0.2) is 41.7 Å². The van der Waals surface area contributed by atoms with Gasteiger partial charge in [-0.15, -0.1) is 24.2 Å². The largest absolute Gasteiger partial charge is 0.342 e. The summed E-state index contributed by atoms with van der Waals surface area (Å²) in [5, 5.41) is 3.64.